The molecule has 0 bridgehead atoms. The molecule has 0 radical (unpaired) electrons. The van der Waals surface area contributed by atoms with Gasteiger partial charge in [0, 0.05) is 6.54 Å². The largest absolute Gasteiger partial charge is 0.395 e. The molecule has 45 heavy (non-hydrogen) atoms. The summed E-state index contributed by atoms with van der Waals surface area (Å²) in [6.07, 6.45) is 47.6. The highest BCUT2D eigenvalue weighted by Gasteiger charge is 2.35. The van der Waals surface area contributed by atoms with E-state index in [1.54, 1.807) is 6.42 Å². The molecule has 0 saturated heterocycles. The topological polar surface area (TPSA) is 23.5 Å². The molecule has 0 heterocycles. The van der Waals surface area contributed by atoms with E-state index in [0.717, 1.165) is 24.3 Å². The van der Waals surface area contributed by atoms with Gasteiger partial charge in [-0.25, -0.2) is 0 Å². The van der Waals surface area contributed by atoms with Crippen LogP contribution >= 0.6 is 0 Å². The maximum atomic E-state index is 9.59. The summed E-state index contributed by atoms with van der Waals surface area (Å²) in [6.45, 7) is 10.5. The molecule has 2 heteroatoms. The van der Waals surface area contributed by atoms with Crippen LogP contribution in [0, 0.1) is 17.8 Å². The van der Waals surface area contributed by atoms with Crippen molar-refractivity contribution in [2.45, 2.75) is 233 Å². The van der Waals surface area contributed by atoms with Crippen LogP contribution in [0.25, 0.3) is 0 Å². The predicted molar refractivity (Wildman–Crippen MR) is 203 cm³/mol. The van der Waals surface area contributed by atoms with Crippen LogP contribution in [-0.4, -0.2) is 36.2 Å². The van der Waals surface area contributed by atoms with Gasteiger partial charge in [-0.15, -0.1) is 0 Å². The van der Waals surface area contributed by atoms with Gasteiger partial charge in [0.1, 0.15) is 0 Å². The molecule has 1 aliphatic rings. The Kier molecular flexibility index (Phi) is 32.3. The lowest BCUT2D eigenvalue weighted by molar-refractivity contribution is 0.190. The standard InChI is InChI=1S/C43H87NO/c1-4-7-10-13-18-24-31-41(32-25-19-14-11-8-5-2)33-26-20-15-22-29-36-44(38-39-45)37-30-23-16-21-28-35-43-40-42(43)34-27-17-12-9-6-3/h41-43,45H,4-40H2,1-3H3. The van der Waals surface area contributed by atoms with E-state index in [1.165, 1.54) is 219 Å². The Hall–Kier alpha value is -0.0800. The minimum atomic E-state index is 0.319. The van der Waals surface area contributed by atoms with Crippen LogP contribution in [0.5, 0.6) is 0 Å². The highest BCUT2D eigenvalue weighted by molar-refractivity contribution is 4.85. The summed E-state index contributed by atoms with van der Waals surface area (Å²) in [5.74, 6) is 3.19. The first-order valence-corrected chi connectivity index (χ1v) is 21.6. The second-order valence-electron chi connectivity index (χ2n) is 15.6. The molecule has 1 aliphatic carbocycles. The lowest BCUT2D eigenvalue weighted by atomic mass is 9.89. The number of aliphatic hydroxyl groups excluding tert-OH is 1. The van der Waals surface area contributed by atoms with Crippen LogP contribution in [0.15, 0.2) is 0 Å². The highest BCUT2D eigenvalue weighted by atomic mass is 16.3. The van der Waals surface area contributed by atoms with E-state index in [0.29, 0.717) is 6.61 Å². The Labute approximate surface area is 286 Å². The molecule has 1 rings (SSSR count). The van der Waals surface area contributed by atoms with Gasteiger partial charge in [0.2, 0.25) is 0 Å². The fraction of sp³-hybridized carbons (Fsp3) is 1.00. The first-order chi connectivity index (χ1) is 22.2. The van der Waals surface area contributed by atoms with Gasteiger partial charge in [0.05, 0.1) is 6.61 Å². The van der Waals surface area contributed by atoms with Crippen molar-refractivity contribution in [1.29, 1.82) is 0 Å². The summed E-state index contributed by atoms with van der Waals surface area (Å²) in [7, 11) is 0. The first-order valence-electron chi connectivity index (χ1n) is 21.6. The van der Waals surface area contributed by atoms with E-state index >= 15 is 0 Å². The van der Waals surface area contributed by atoms with Crippen molar-refractivity contribution < 1.29 is 5.11 Å². The van der Waals surface area contributed by atoms with Crippen LogP contribution in [0.1, 0.15) is 233 Å². The molecule has 0 spiro atoms. The quantitative estimate of drug-likeness (QED) is 0.0684. The highest BCUT2D eigenvalue weighted by Crippen LogP contribution is 2.45. The van der Waals surface area contributed by atoms with Crippen molar-refractivity contribution in [2.75, 3.05) is 26.2 Å². The summed E-state index contributed by atoms with van der Waals surface area (Å²) in [5.41, 5.74) is 0. The van der Waals surface area contributed by atoms with Crippen LogP contribution < -0.4 is 0 Å². The summed E-state index contributed by atoms with van der Waals surface area (Å²) < 4.78 is 0. The van der Waals surface area contributed by atoms with Gasteiger partial charge in [-0.1, -0.05) is 213 Å². The van der Waals surface area contributed by atoms with Crippen LogP contribution in [0.3, 0.4) is 0 Å². The molecule has 1 saturated carbocycles. The van der Waals surface area contributed by atoms with Crippen molar-refractivity contribution in [1.82, 2.24) is 4.90 Å². The van der Waals surface area contributed by atoms with Crippen molar-refractivity contribution in [3.63, 3.8) is 0 Å². The normalized spacial score (nSPS) is 16.4. The second kappa shape index (κ2) is 33.8. The molecular formula is C43H87NO. The Balaban J connectivity index is 2.04. The SMILES string of the molecule is CCCCCCCCC(CCCCCCCC)CCCCCCCN(CCO)CCCCCCCC1CC1CCCCCCC. The molecule has 1 fully saturated rings. The molecule has 2 unspecified atom stereocenters. The Morgan fingerprint density at radius 2 is 0.756 bits per heavy atom. The van der Waals surface area contributed by atoms with Gasteiger partial charge < -0.3 is 10.0 Å². The number of unbranched alkanes of at least 4 members (excludes halogenated alkanes) is 22. The zero-order valence-corrected chi connectivity index (χ0v) is 31.8. The summed E-state index contributed by atoms with van der Waals surface area (Å²) in [6, 6.07) is 0. The molecule has 0 aromatic carbocycles. The number of hydrogen-bond acceptors (Lipinski definition) is 2. The molecule has 0 aromatic rings. The predicted octanol–water partition coefficient (Wildman–Crippen LogP) is 14.1. The summed E-state index contributed by atoms with van der Waals surface area (Å²) in [4.78, 5) is 2.55. The Morgan fingerprint density at radius 3 is 1.13 bits per heavy atom. The third kappa shape index (κ3) is 28.6. The number of hydrogen-bond donors (Lipinski definition) is 1. The van der Waals surface area contributed by atoms with Gasteiger partial charge in [-0.2, -0.15) is 0 Å². The van der Waals surface area contributed by atoms with Crippen LogP contribution in [0.2, 0.25) is 0 Å². The molecule has 0 amide bonds. The smallest absolute Gasteiger partial charge is 0.0558 e. The van der Waals surface area contributed by atoms with E-state index < -0.39 is 0 Å². The fourth-order valence-corrected chi connectivity index (χ4v) is 7.94. The average molecular weight is 634 g/mol. The molecule has 270 valence electrons. The zero-order valence-electron chi connectivity index (χ0n) is 31.8. The maximum Gasteiger partial charge on any atom is 0.0558 e. The summed E-state index contributed by atoms with van der Waals surface area (Å²) in [5, 5.41) is 9.59. The zero-order chi connectivity index (χ0) is 32.5. The van der Waals surface area contributed by atoms with E-state index in [4.69, 9.17) is 0 Å². The monoisotopic (exact) mass is 634 g/mol. The van der Waals surface area contributed by atoms with Gasteiger partial charge in [-0.05, 0) is 50.1 Å². The lowest BCUT2D eigenvalue weighted by Gasteiger charge is -2.21. The van der Waals surface area contributed by atoms with Crippen LogP contribution in [-0.2, 0) is 0 Å². The Bertz CT molecular complexity index is 548. The van der Waals surface area contributed by atoms with E-state index in [1.807, 2.05) is 0 Å². The molecule has 2 atom stereocenters. The maximum absolute atomic E-state index is 9.59. The van der Waals surface area contributed by atoms with Gasteiger partial charge in [-0.3, -0.25) is 0 Å². The molecule has 2 nitrogen and oxygen atoms in total. The van der Waals surface area contributed by atoms with Crippen molar-refractivity contribution in [2.24, 2.45) is 17.8 Å². The lowest BCUT2D eigenvalue weighted by Crippen LogP contribution is -2.29. The van der Waals surface area contributed by atoms with E-state index in [-0.39, 0.29) is 0 Å². The Morgan fingerprint density at radius 1 is 0.422 bits per heavy atom. The van der Waals surface area contributed by atoms with Crippen LogP contribution in [0.4, 0.5) is 0 Å². The van der Waals surface area contributed by atoms with E-state index in [2.05, 4.69) is 25.7 Å². The fourth-order valence-electron chi connectivity index (χ4n) is 7.94. The molecule has 0 aliphatic heterocycles. The minimum Gasteiger partial charge on any atom is -0.395 e. The summed E-state index contributed by atoms with van der Waals surface area (Å²) >= 11 is 0. The minimum absolute atomic E-state index is 0.319. The molecule has 1 N–H and O–H groups in total. The van der Waals surface area contributed by atoms with Crippen molar-refractivity contribution >= 4 is 0 Å². The van der Waals surface area contributed by atoms with Gasteiger partial charge in [0.15, 0.2) is 0 Å². The number of rotatable bonds is 38. The van der Waals surface area contributed by atoms with E-state index in [9.17, 15) is 5.11 Å². The average Bonchev–Trinajstić information content (AvgIpc) is 3.80. The third-order valence-electron chi connectivity index (χ3n) is 11.2. The number of aliphatic hydroxyl groups is 1. The molecule has 0 aromatic heterocycles. The second-order valence-corrected chi connectivity index (χ2v) is 15.6. The third-order valence-corrected chi connectivity index (χ3v) is 11.2. The van der Waals surface area contributed by atoms with Crippen molar-refractivity contribution in [3.8, 4) is 0 Å². The van der Waals surface area contributed by atoms with Gasteiger partial charge in [0.25, 0.3) is 0 Å². The first kappa shape index (κ1) is 42.9. The molecular weight excluding hydrogens is 546 g/mol. The van der Waals surface area contributed by atoms with Crippen molar-refractivity contribution in [3.05, 3.63) is 0 Å². The number of nitrogens with zero attached hydrogens (tertiary/aromatic N) is 1. The van der Waals surface area contributed by atoms with Gasteiger partial charge >= 0.3 is 0 Å².